The number of aromatic nitrogens is 1. The monoisotopic (exact) mass is 415 g/mol. The molecule has 1 amide bonds. The van der Waals surface area contributed by atoms with E-state index >= 15 is 0 Å². The van der Waals surface area contributed by atoms with Crippen molar-refractivity contribution < 1.29 is 17.9 Å². The normalized spacial score (nSPS) is 12.8. The maximum absolute atomic E-state index is 12.7. The van der Waals surface area contributed by atoms with Gasteiger partial charge in [-0.2, -0.15) is 4.72 Å². The van der Waals surface area contributed by atoms with Crippen molar-refractivity contribution in [3.05, 3.63) is 60.3 Å². The summed E-state index contributed by atoms with van der Waals surface area (Å²) in [4.78, 5) is 16.0. The summed E-state index contributed by atoms with van der Waals surface area (Å²) in [6, 6.07) is 14.9. The molecule has 0 radical (unpaired) electrons. The molecule has 0 bridgehead atoms. The Bertz CT molecular complexity index is 1060. The molecule has 1 aromatic heterocycles. The molecular weight excluding hydrogens is 390 g/mol. The van der Waals surface area contributed by atoms with Crippen molar-refractivity contribution in [1.29, 1.82) is 0 Å². The fourth-order valence-electron chi connectivity index (χ4n) is 3.00. The van der Waals surface area contributed by atoms with Crippen molar-refractivity contribution in [3.63, 3.8) is 0 Å². The van der Waals surface area contributed by atoms with Gasteiger partial charge in [-0.15, -0.1) is 0 Å². The van der Waals surface area contributed by atoms with Crippen LogP contribution in [0.3, 0.4) is 0 Å². The van der Waals surface area contributed by atoms with Crippen molar-refractivity contribution in [2.45, 2.75) is 31.3 Å². The number of rotatable bonds is 8. The zero-order chi connectivity index (χ0) is 21.0. The molecule has 0 fully saturated rings. The van der Waals surface area contributed by atoms with Crippen molar-refractivity contribution in [2.24, 2.45) is 5.92 Å². The molecule has 7 nitrogen and oxygen atoms in total. The second-order valence-electron chi connectivity index (χ2n) is 7.12. The average molecular weight is 416 g/mol. The van der Waals surface area contributed by atoms with Gasteiger partial charge < -0.3 is 15.0 Å². The van der Waals surface area contributed by atoms with E-state index in [4.69, 9.17) is 4.74 Å². The minimum absolute atomic E-state index is 0.0763. The number of sulfonamides is 1. The first kappa shape index (κ1) is 20.9. The molecule has 29 heavy (non-hydrogen) atoms. The van der Waals surface area contributed by atoms with E-state index in [1.165, 1.54) is 19.2 Å². The third-order valence-electron chi connectivity index (χ3n) is 4.64. The van der Waals surface area contributed by atoms with Gasteiger partial charge >= 0.3 is 0 Å². The lowest BCUT2D eigenvalue weighted by molar-refractivity contribution is -0.123. The Labute approximate surface area is 170 Å². The zero-order valence-electron chi connectivity index (χ0n) is 16.6. The number of hydrogen-bond donors (Lipinski definition) is 3. The van der Waals surface area contributed by atoms with Crippen LogP contribution in [0.5, 0.6) is 5.75 Å². The van der Waals surface area contributed by atoms with Crippen molar-refractivity contribution in [2.75, 3.05) is 7.11 Å². The van der Waals surface area contributed by atoms with Crippen molar-refractivity contribution >= 4 is 26.8 Å². The lowest BCUT2D eigenvalue weighted by Crippen LogP contribution is -2.49. The van der Waals surface area contributed by atoms with Crippen LogP contribution in [0.25, 0.3) is 10.9 Å². The quantitative estimate of drug-likeness (QED) is 0.527. The summed E-state index contributed by atoms with van der Waals surface area (Å²) in [6.45, 7) is 3.87. The van der Waals surface area contributed by atoms with Crippen molar-refractivity contribution in [1.82, 2.24) is 15.0 Å². The number of benzene rings is 2. The molecule has 1 atom stereocenters. The van der Waals surface area contributed by atoms with Gasteiger partial charge in [0.1, 0.15) is 11.8 Å². The Morgan fingerprint density at radius 3 is 2.41 bits per heavy atom. The number of hydrogen-bond acceptors (Lipinski definition) is 4. The van der Waals surface area contributed by atoms with E-state index in [9.17, 15) is 13.2 Å². The number of ether oxygens (including phenoxy) is 1. The molecule has 2 aromatic carbocycles. The summed E-state index contributed by atoms with van der Waals surface area (Å²) in [5, 5.41) is 3.87. The van der Waals surface area contributed by atoms with Gasteiger partial charge in [0, 0.05) is 11.2 Å². The van der Waals surface area contributed by atoms with E-state index in [1.807, 2.05) is 30.3 Å². The number of fused-ring (bicyclic) bond motifs is 1. The van der Waals surface area contributed by atoms with Crippen LogP contribution < -0.4 is 14.8 Å². The predicted molar refractivity (Wildman–Crippen MR) is 112 cm³/mol. The minimum atomic E-state index is -3.85. The molecule has 0 unspecified atom stereocenters. The number of amides is 1. The molecule has 0 saturated carbocycles. The Morgan fingerprint density at radius 2 is 1.79 bits per heavy atom. The fraction of sp³-hybridized carbons (Fsp3) is 0.286. The summed E-state index contributed by atoms with van der Waals surface area (Å²) < 4.78 is 33.0. The molecule has 154 valence electrons. The van der Waals surface area contributed by atoms with E-state index in [2.05, 4.69) is 15.0 Å². The van der Waals surface area contributed by atoms with Gasteiger partial charge in [-0.1, -0.05) is 32.0 Å². The van der Waals surface area contributed by atoms with Gasteiger partial charge in [-0.25, -0.2) is 8.42 Å². The van der Waals surface area contributed by atoms with Gasteiger partial charge in [-0.05, 0) is 47.7 Å². The maximum atomic E-state index is 12.7. The highest BCUT2D eigenvalue weighted by molar-refractivity contribution is 7.89. The number of methoxy groups -OCH3 is 1. The lowest BCUT2D eigenvalue weighted by atomic mass is 10.1. The third kappa shape index (κ3) is 4.96. The Hall–Kier alpha value is -2.84. The first-order valence-corrected chi connectivity index (χ1v) is 10.8. The predicted octanol–water partition coefficient (Wildman–Crippen LogP) is 2.80. The topological polar surface area (TPSA) is 100 Å². The molecule has 3 rings (SSSR count). The molecule has 0 saturated heterocycles. The van der Waals surface area contributed by atoms with Crippen molar-refractivity contribution in [3.8, 4) is 5.75 Å². The minimum Gasteiger partial charge on any atom is -0.497 e. The fourth-order valence-corrected chi connectivity index (χ4v) is 4.35. The molecule has 0 spiro atoms. The van der Waals surface area contributed by atoms with Crippen LogP contribution in [-0.2, 0) is 21.4 Å². The second-order valence-corrected chi connectivity index (χ2v) is 8.83. The van der Waals surface area contributed by atoms with Crippen LogP contribution in [0, 0.1) is 5.92 Å². The summed E-state index contributed by atoms with van der Waals surface area (Å²) >= 11 is 0. The standard InChI is InChI=1S/C21H25N3O4S/c1-14(2)20(24-29(26,27)18-10-8-17(28-3)9-11-18)21(25)22-13-16-12-15-6-4-5-7-19(15)23-16/h4-12,14,20,23-24H,13H2,1-3H3,(H,22,25)/t20-/m0/s1. The highest BCUT2D eigenvalue weighted by atomic mass is 32.2. The average Bonchev–Trinajstić information content (AvgIpc) is 3.13. The molecule has 3 aromatic rings. The Kier molecular flexibility index (Phi) is 6.24. The van der Waals surface area contributed by atoms with Gasteiger partial charge in [0.25, 0.3) is 0 Å². The largest absolute Gasteiger partial charge is 0.497 e. The van der Waals surface area contributed by atoms with Gasteiger partial charge in [0.15, 0.2) is 0 Å². The highest BCUT2D eigenvalue weighted by Crippen LogP contribution is 2.17. The van der Waals surface area contributed by atoms with Crippen LogP contribution >= 0.6 is 0 Å². The smallest absolute Gasteiger partial charge is 0.241 e. The Morgan fingerprint density at radius 1 is 1.10 bits per heavy atom. The van der Waals surface area contributed by atoms with E-state index in [0.29, 0.717) is 5.75 Å². The highest BCUT2D eigenvalue weighted by Gasteiger charge is 2.28. The zero-order valence-corrected chi connectivity index (χ0v) is 17.4. The first-order valence-electron chi connectivity index (χ1n) is 9.31. The molecule has 8 heteroatoms. The molecule has 3 N–H and O–H groups in total. The Balaban J connectivity index is 1.69. The SMILES string of the molecule is COc1ccc(S(=O)(=O)N[C@H](C(=O)NCc2cc3ccccc3[nH]2)C(C)C)cc1. The number of nitrogens with one attached hydrogen (secondary N) is 3. The molecule has 0 aliphatic heterocycles. The molecule has 0 aliphatic rings. The number of carbonyl (C=O) groups excluding carboxylic acids is 1. The molecule has 1 heterocycles. The summed E-state index contributed by atoms with van der Waals surface area (Å²) in [6.07, 6.45) is 0. The van der Waals surface area contributed by atoms with E-state index in [0.717, 1.165) is 16.6 Å². The first-order chi connectivity index (χ1) is 13.8. The summed E-state index contributed by atoms with van der Waals surface area (Å²) in [5.74, 6) is -0.0538. The van der Waals surface area contributed by atoms with Crippen LogP contribution in [0.2, 0.25) is 0 Å². The summed E-state index contributed by atoms with van der Waals surface area (Å²) in [7, 11) is -2.34. The second kappa shape index (κ2) is 8.67. The summed E-state index contributed by atoms with van der Waals surface area (Å²) in [5.41, 5.74) is 1.83. The van der Waals surface area contributed by atoms with Gasteiger partial charge in [0.05, 0.1) is 18.6 Å². The van der Waals surface area contributed by atoms with Crippen LogP contribution in [0.15, 0.2) is 59.5 Å². The van der Waals surface area contributed by atoms with E-state index < -0.39 is 16.1 Å². The molecule has 0 aliphatic carbocycles. The lowest BCUT2D eigenvalue weighted by Gasteiger charge is -2.21. The number of carbonyl (C=O) groups is 1. The van der Waals surface area contributed by atoms with E-state index in [1.54, 1.807) is 26.0 Å². The maximum Gasteiger partial charge on any atom is 0.241 e. The number of para-hydroxylation sites is 1. The van der Waals surface area contributed by atoms with Crippen LogP contribution in [0.4, 0.5) is 0 Å². The van der Waals surface area contributed by atoms with E-state index in [-0.39, 0.29) is 23.3 Å². The number of H-pyrrole nitrogens is 1. The van der Waals surface area contributed by atoms with Crippen LogP contribution in [0.1, 0.15) is 19.5 Å². The molecular formula is C21H25N3O4S. The van der Waals surface area contributed by atoms with Crippen LogP contribution in [-0.4, -0.2) is 32.5 Å². The number of aromatic amines is 1. The van der Waals surface area contributed by atoms with Gasteiger partial charge in [0.2, 0.25) is 15.9 Å². The van der Waals surface area contributed by atoms with Gasteiger partial charge in [-0.3, -0.25) is 4.79 Å². The third-order valence-corrected chi connectivity index (χ3v) is 6.10.